The largest absolute Gasteiger partial charge is 0.493 e. The molecular weight excluding hydrogens is 554 g/mol. The molecule has 0 atom stereocenters. The number of nitrogens with zero attached hydrogens (tertiary/aromatic N) is 3. The Morgan fingerprint density at radius 2 is 1.68 bits per heavy atom. The van der Waals surface area contributed by atoms with Crippen LogP contribution in [0.2, 0.25) is 5.02 Å². The summed E-state index contributed by atoms with van der Waals surface area (Å²) >= 11 is 7.48. The minimum absolute atomic E-state index is 0.0467. The van der Waals surface area contributed by atoms with Gasteiger partial charge in [-0.1, -0.05) is 41.6 Å². The highest BCUT2D eigenvalue weighted by Gasteiger charge is 2.20. The van der Waals surface area contributed by atoms with Gasteiger partial charge in [0.1, 0.15) is 0 Å². The number of aromatic nitrogens is 3. The molecule has 0 saturated heterocycles. The Labute approximate surface area is 241 Å². The highest BCUT2D eigenvalue weighted by Crippen LogP contribution is 2.38. The maximum atomic E-state index is 13.1. The quantitative estimate of drug-likeness (QED) is 0.240. The highest BCUT2D eigenvalue weighted by atomic mass is 35.5. The van der Waals surface area contributed by atoms with Crippen molar-refractivity contribution in [2.75, 3.05) is 32.4 Å². The number of carbonyl (C=O) groups excluding carboxylic acids is 2. The van der Waals surface area contributed by atoms with Crippen LogP contribution in [0, 0.1) is 6.92 Å². The molecule has 2 N–H and O–H groups in total. The third-order valence-corrected chi connectivity index (χ3v) is 6.90. The minimum Gasteiger partial charge on any atom is -0.493 e. The average Bonchev–Trinajstić information content (AvgIpc) is 3.36. The van der Waals surface area contributed by atoms with Crippen molar-refractivity contribution in [2.45, 2.75) is 18.6 Å². The van der Waals surface area contributed by atoms with E-state index in [4.69, 9.17) is 25.8 Å². The molecule has 0 radical (unpaired) electrons. The molecule has 12 heteroatoms. The van der Waals surface area contributed by atoms with E-state index in [1.165, 1.54) is 33.1 Å². The van der Waals surface area contributed by atoms with Gasteiger partial charge in [0, 0.05) is 16.3 Å². The smallest absolute Gasteiger partial charge is 0.251 e. The standard InChI is InChI=1S/C28H28ClN5O5S/c1-17-7-5-9-20(11-17)31-25(35)16-40-28-33-32-24(34(28)21-10-6-8-19(29)14-21)15-30-27(36)18-12-22(37-2)26(39-4)23(13-18)38-3/h5-14H,15-16H2,1-4H3,(H,30,36)(H,31,35). The first-order valence-electron chi connectivity index (χ1n) is 12.1. The van der Waals surface area contributed by atoms with Crippen molar-refractivity contribution in [2.24, 2.45) is 0 Å². The van der Waals surface area contributed by atoms with Crippen LogP contribution in [0.4, 0.5) is 5.69 Å². The predicted molar refractivity (Wildman–Crippen MR) is 154 cm³/mol. The van der Waals surface area contributed by atoms with Gasteiger partial charge in [-0.2, -0.15) is 0 Å². The van der Waals surface area contributed by atoms with Gasteiger partial charge in [0.2, 0.25) is 11.7 Å². The van der Waals surface area contributed by atoms with Crippen LogP contribution in [0.1, 0.15) is 21.7 Å². The van der Waals surface area contributed by atoms with Gasteiger partial charge in [-0.15, -0.1) is 10.2 Å². The van der Waals surface area contributed by atoms with Gasteiger partial charge in [0.15, 0.2) is 22.5 Å². The number of hydrogen-bond acceptors (Lipinski definition) is 8. The van der Waals surface area contributed by atoms with Crippen molar-refractivity contribution in [1.29, 1.82) is 0 Å². The first-order chi connectivity index (χ1) is 19.3. The van der Waals surface area contributed by atoms with Crippen molar-refractivity contribution >= 4 is 40.9 Å². The Balaban J connectivity index is 1.54. The number of aryl methyl sites for hydroxylation is 1. The Morgan fingerprint density at radius 3 is 2.33 bits per heavy atom. The third kappa shape index (κ3) is 6.85. The molecule has 10 nitrogen and oxygen atoms in total. The molecule has 0 fully saturated rings. The van der Waals surface area contributed by atoms with Crippen molar-refractivity contribution in [1.82, 2.24) is 20.1 Å². The zero-order chi connectivity index (χ0) is 28.6. The summed E-state index contributed by atoms with van der Waals surface area (Å²) in [4.78, 5) is 25.7. The number of anilines is 1. The maximum Gasteiger partial charge on any atom is 0.251 e. The van der Waals surface area contributed by atoms with E-state index in [1.807, 2.05) is 37.3 Å². The fourth-order valence-corrected chi connectivity index (χ4v) is 4.86. The van der Waals surface area contributed by atoms with E-state index in [1.54, 1.807) is 34.9 Å². The molecule has 0 unspecified atom stereocenters. The molecule has 208 valence electrons. The van der Waals surface area contributed by atoms with Crippen molar-refractivity contribution in [3.63, 3.8) is 0 Å². The van der Waals surface area contributed by atoms with E-state index < -0.39 is 0 Å². The summed E-state index contributed by atoms with van der Waals surface area (Å²) in [5.41, 5.74) is 2.77. The highest BCUT2D eigenvalue weighted by molar-refractivity contribution is 7.99. The van der Waals surface area contributed by atoms with Gasteiger partial charge in [-0.05, 0) is 55.0 Å². The van der Waals surface area contributed by atoms with Crippen LogP contribution in [0.15, 0.2) is 65.8 Å². The number of amides is 2. The van der Waals surface area contributed by atoms with Gasteiger partial charge in [0.25, 0.3) is 5.91 Å². The molecule has 4 aromatic rings. The predicted octanol–water partition coefficient (Wildman–Crippen LogP) is 4.92. The molecule has 1 aromatic heterocycles. The van der Waals surface area contributed by atoms with Crippen LogP contribution >= 0.6 is 23.4 Å². The maximum absolute atomic E-state index is 13.1. The lowest BCUT2D eigenvalue weighted by atomic mass is 10.1. The monoisotopic (exact) mass is 581 g/mol. The Morgan fingerprint density at radius 1 is 0.950 bits per heavy atom. The van der Waals surface area contributed by atoms with E-state index in [9.17, 15) is 9.59 Å². The van der Waals surface area contributed by atoms with Gasteiger partial charge in [-0.25, -0.2) is 0 Å². The van der Waals surface area contributed by atoms with Crippen LogP contribution < -0.4 is 24.8 Å². The Hall–Kier alpha value is -4.22. The summed E-state index contributed by atoms with van der Waals surface area (Å²) < 4.78 is 17.8. The fraction of sp³-hybridized carbons (Fsp3) is 0.214. The van der Waals surface area contributed by atoms with Crippen molar-refractivity contribution in [3.05, 3.63) is 82.6 Å². The van der Waals surface area contributed by atoms with Crippen LogP contribution in [0.5, 0.6) is 17.2 Å². The number of carbonyl (C=O) groups is 2. The number of hydrogen-bond donors (Lipinski definition) is 2. The molecule has 0 saturated carbocycles. The molecule has 0 bridgehead atoms. The summed E-state index contributed by atoms with van der Waals surface area (Å²) in [7, 11) is 4.45. The van der Waals surface area contributed by atoms with Crippen molar-refractivity contribution in [3.8, 4) is 22.9 Å². The summed E-state index contributed by atoms with van der Waals surface area (Å²) in [6.07, 6.45) is 0. The fourth-order valence-electron chi connectivity index (χ4n) is 3.91. The third-order valence-electron chi connectivity index (χ3n) is 5.73. The lowest BCUT2D eigenvalue weighted by Gasteiger charge is -2.14. The van der Waals surface area contributed by atoms with E-state index in [-0.39, 0.29) is 24.1 Å². The number of benzene rings is 3. The summed E-state index contributed by atoms with van der Waals surface area (Å²) in [5, 5.41) is 15.3. The molecule has 1 heterocycles. The second kappa shape index (κ2) is 13.2. The Kier molecular flexibility index (Phi) is 9.52. The summed E-state index contributed by atoms with van der Waals surface area (Å²) in [6.45, 7) is 2.00. The second-order valence-corrected chi connectivity index (χ2v) is 9.90. The van der Waals surface area contributed by atoms with E-state index in [0.717, 1.165) is 11.3 Å². The van der Waals surface area contributed by atoms with Crippen LogP contribution in [0.3, 0.4) is 0 Å². The van der Waals surface area contributed by atoms with Gasteiger partial charge >= 0.3 is 0 Å². The van der Waals surface area contributed by atoms with Gasteiger partial charge in [0.05, 0.1) is 39.3 Å². The van der Waals surface area contributed by atoms with Crippen molar-refractivity contribution < 1.29 is 23.8 Å². The first kappa shape index (κ1) is 28.8. The molecule has 0 aliphatic heterocycles. The zero-order valence-electron chi connectivity index (χ0n) is 22.4. The van der Waals surface area contributed by atoms with Gasteiger partial charge in [-0.3, -0.25) is 14.2 Å². The summed E-state index contributed by atoms with van der Waals surface area (Å²) in [5.74, 6) is 1.08. The van der Waals surface area contributed by atoms with Crippen LogP contribution in [0.25, 0.3) is 5.69 Å². The van der Waals surface area contributed by atoms with E-state index >= 15 is 0 Å². The number of rotatable bonds is 11. The molecular formula is C28H28ClN5O5S. The van der Waals surface area contributed by atoms with Crippen LogP contribution in [-0.2, 0) is 11.3 Å². The normalized spacial score (nSPS) is 10.6. The lowest BCUT2D eigenvalue weighted by molar-refractivity contribution is -0.113. The number of nitrogens with one attached hydrogen (secondary N) is 2. The molecule has 3 aromatic carbocycles. The number of thioether (sulfide) groups is 1. The molecule has 2 amide bonds. The number of methoxy groups -OCH3 is 3. The molecule has 4 rings (SSSR count). The molecule has 0 aliphatic rings. The second-order valence-electron chi connectivity index (χ2n) is 8.52. The van der Waals surface area contributed by atoms with Crippen LogP contribution in [-0.4, -0.2) is 53.7 Å². The topological polar surface area (TPSA) is 117 Å². The van der Waals surface area contributed by atoms with E-state index in [0.29, 0.717) is 44.5 Å². The van der Waals surface area contributed by atoms with E-state index in [2.05, 4.69) is 20.8 Å². The summed E-state index contributed by atoms with van der Waals surface area (Å²) in [6, 6.07) is 17.8. The molecule has 0 spiro atoms. The average molecular weight is 582 g/mol. The zero-order valence-corrected chi connectivity index (χ0v) is 23.9. The molecule has 0 aliphatic carbocycles. The number of halogens is 1. The van der Waals surface area contributed by atoms with Gasteiger partial charge < -0.3 is 24.8 Å². The molecule has 40 heavy (non-hydrogen) atoms. The minimum atomic E-state index is -0.383. The lowest BCUT2D eigenvalue weighted by Crippen LogP contribution is -2.25. The number of ether oxygens (including phenoxy) is 3. The SMILES string of the molecule is COc1cc(C(=O)NCc2nnc(SCC(=O)Nc3cccc(C)c3)n2-c2cccc(Cl)c2)cc(OC)c1OC. The first-order valence-corrected chi connectivity index (χ1v) is 13.5. The Bertz CT molecular complexity index is 1500.